The van der Waals surface area contributed by atoms with Crippen LogP contribution in [0.5, 0.6) is 0 Å². The van der Waals surface area contributed by atoms with Crippen molar-refractivity contribution in [1.82, 2.24) is 10.2 Å². The van der Waals surface area contributed by atoms with E-state index in [-0.39, 0.29) is 5.82 Å². The average Bonchev–Trinajstić information content (AvgIpc) is 2.32. The second kappa shape index (κ2) is 7.72. The smallest absolute Gasteiger partial charge is 0.125 e. The molecule has 4 heteroatoms. The predicted octanol–water partition coefficient (Wildman–Crippen LogP) is 3.30. The van der Waals surface area contributed by atoms with E-state index in [1.165, 1.54) is 12.1 Å². The standard InChI is InChI=1S/C14H22ClFN2/c1-4-18(5-2)10-11(3)17-9-12-6-13(15)8-14(16)7-12/h6-8,11,17H,4-5,9-10H2,1-3H3. The number of halogens is 2. The highest BCUT2D eigenvalue weighted by atomic mass is 35.5. The molecule has 2 nitrogen and oxygen atoms in total. The van der Waals surface area contributed by atoms with E-state index in [4.69, 9.17) is 11.6 Å². The maximum absolute atomic E-state index is 13.2. The number of likely N-dealkylation sites (N-methyl/N-ethyl adjacent to an activating group) is 1. The van der Waals surface area contributed by atoms with E-state index in [0.29, 0.717) is 17.6 Å². The molecule has 1 atom stereocenters. The number of rotatable bonds is 7. The van der Waals surface area contributed by atoms with Crippen LogP contribution in [-0.2, 0) is 6.54 Å². The lowest BCUT2D eigenvalue weighted by atomic mass is 10.2. The lowest BCUT2D eigenvalue weighted by molar-refractivity contribution is 0.270. The molecule has 0 aliphatic carbocycles. The molecule has 0 aliphatic rings. The fourth-order valence-corrected chi connectivity index (χ4v) is 2.18. The normalized spacial score (nSPS) is 13.0. The van der Waals surface area contributed by atoms with Gasteiger partial charge in [0.25, 0.3) is 0 Å². The van der Waals surface area contributed by atoms with E-state index < -0.39 is 0 Å². The number of benzene rings is 1. The lowest BCUT2D eigenvalue weighted by Gasteiger charge is -2.23. The summed E-state index contributed by atoms with van der Waals surface area (Å²) in [5.74, 6) is -0.282. The molecular formula is C14H22ClFN2. The zero-order valence-electron chi connectivity index (χ0n) is 11.3. The molecule has 0 bridgehead atoms. The van der Waals surface area contributed by atoms with Crippen molar-refractivity contribution in [1.29, 1.82) is 0 Å². The maximum Gasteiger partial charge on any atom is 0.125 e. The molecule has 0 saturated carbocycles. The first-order chi connectivity index (χ1) is 8.55. The van der Waals surface area contributed by atoms with Gasteiger partial charge in [0.15, 0.2) is 0 Å². The fourth-order valence-electron chi connectivity index (χ4n) is 1.94. The van der Waals surface area contributed by atoms with Crippen molar-refractivity contribution < 1.29 is 4.39 Å². The zero-order valence-corrected chi connectivity index (χ0v) is 12.1. The number of hydrogen-bond donors (Lipinski definition) is 1. The molecule has 18 heavy (non-hydrogen) atoms. The van der Waals surface area contributed by atoms with E-state index in [0.717, 1.165) is 25.2 Å². The molecule has 0 aliphatic heterocycles. The second-order valence-electron chi connectivity index (χ2n) is 4.55. The van der Waals surface area contributed by atoms with Gasteiger partial charge in [-0.25, -0.2) is 4.39 Å². The highest BCUT2D eigenvalue weighted by molar-refractivity contribution is 6.30. The van der Waals surface area contributed by atoms with Crippen molar-refractivity contribution in [3.8, 4) is 0 Å². The summed E-state index contributed by atoms with van der Waals surface area (Å²) >= 11 is 5.82. The van der Waals surface area contributed by atoms with Crippen molar-refractivity contribution >= 4 is 11.6 Å². The summed E-state index contributed by atoms with van der Waals surface area (Å²) in [6.45, 7) is 10.2. The largest absolute Gasteiger partial charge is 0.309 e. The molecule has 0 saturated heterocycles. The third kappa shape index (κ3) is 5.34. The first-order valence-corrected chi connectivity index (χ1v) is 6.83. The van der Waals surface area contributed by atoms with Crippen molar-refractivity contribution in [2.45, 2.75) is 33.4 Å². The SMILES string of the molecule is CCN(CC)CC(C)NCc1cc(F)cc(Cl)c1. The number of nitrogens with one attached hydrogen (secondary N) is 1. The van der Waals surface area contributed by atoms with Crippen molar-refractivity contribution in [3.05, 3.63) is 34.6 Å². The first-order valence-electron chi connectivity index (χ1n) is 6.45. The lowest BCUT2D eigenvalue weighted by Crippen LogP contribution is -2.38. The minimum Gasteiger partial charge on any atom is -0.309 e. The van der Waals surface area contributed by atoms with Crippen molar-refractivity contribution in [3.63, 3.8) is 0 Å². The van der Waals surface area contributed by atoms with Gasteiger partial charge in [0.2, 0.25) is 0 Å². The molecule has 1 N–H and O–H groups in total. The Morgan fingerprint density at radius 3 is 2.50 bits per heavy atom. The van der Waals surface area contributed by atoms with Crippen LogP contribution in [0, 0.1) is 5.82 Å². The van der Waals surface area contributed by atoms with Gasteiger partial charge in [0, 0.05) is 24.2 Å². The number of hydrogen-bond acceptors (Lipinski definition) is 2. The summed E-state index contributed by atoms with van der Waals surface area (Å²) in [6, 6.07) is 5.00. The van der Waals surface area contributed by atoms with Gasteiger partial charge in [0.05, 0.1) is 0 Å². The monoisotopic (exact) mass is 272 g/mol. The first kappa shape index (κ1) is 15.4. The van der Waals surface area contributed by atoms with Gasteiger partial charge in [0.1, 0.15) is 5.82 Å². The van der Waals surface area contributed by atoms with Gasteiger partial charge < -0.3 is 10.2 Å². The molecular weight excluding hydrogens is 251 g/mol. The minimum atomic E-state index is -0.282. The van der Waals surface area contributed by atoms with Crippen LogP contribution in [0.3, 0.4) is 0 Å². The Morgan fingerprint density at radius 2 is 1.94 bits per heavy atom. The molecule has 0 aromatic heterocycles. The molecule has 0 radical (unpaired) electrons. The Bertz CT molecular complexity index is 347. The van der Waals surface area contributed by atoms with Crippen LogP contribution in [-0.4, -0.2) is 30.6 Å². The zero-order chi connectivity index (χ0) is 13.5. The van der Waals surface area contributed by atoms with Crippen LogP contribution in [0.4, 0.5) is 4.39 Å². The van der Waals surface area contributed by atoms with E-state index in [1.807, 2.05) is 0 Å². The summed E-state index contributed by atoms with van der Waals surface area (Å²) in [4.78, 5) is 2.36. The Labute approximate surface area is 114 Å². The van der Waals surface area contributed by atoms with Crippen LogP contribution < -0.4 is 5.32 Å². The Kier molecular flexibility index (Phi) is 6.61. The number of nitrogens with zero attached hydrogens (tertiary/aromatic N) is 1. The van der Waals surface area contributed by atoms with E-state index in [9.17, 15) is 4.39 Å². The fraction of sp³-hybridized carbons (Fsp3) is 0.571. The molecule has 1 aromatic carbocycles. The third-order valence-electron chi connectivity index (χ3n) is 3.00. The Balaban J connectivity index is 2.44. The molecule has 0 spiro atoms. The van der Waals surface area contributed by atoms with Crippen LogP contribution >= 0.6 is 11.6 Å². The Hall–Kier alpha value is -0.640. The molecule has 1 aromatic rings. The highest BCUT2D eigenvalue weighted by Gasteiger charge is 2.07. The Morgan fingerprint density at radius 1 is 1.28 bits per heavy atom. The van der Waals surface area contributed by atoms with Crippen LogP contribution in [0.2, 0.25) is 5.02 Å². The quantitative estimate of drug-likeness (QED) is 0.819. The van der Waals surface area contributed by atoms with Gasteiger partial charge in [-0.1, -0.05) is 25.4 Å². The maximum atomic E-state index is 13.2. The van der Waals surface area contributed by atoms with Crippen LogP contribution in [0.1, 0.15) is 26.3 Å². The highest BCUT2D eigenvalue weighted by Crippen LogP contribution is 2.14. The molecule has 0 amide bonds. The van der Waals surface area contributed by atoms with Gasteiger partial charge >= 0.3 is 0 Å². The van der Waals surface area contributed by atoms with E-state index >= 15 is 0 Å². The van der Waals surface area contributed by atoms with Gasteiger partial charge in [-0.3, -0.25) is 0 Å². The minimum absolute atomic E-state index is 0.282. The third-order valence-corrected chi connectivity index (χ3v) is 3.22. The summed E-state index contributed by atoms with van der Waals surface area (Å²) in [5.41, 5.74) is 0.881. The molecule has 0 fully saturated rings. The van der Waals surface area contributed by atoms with Gasteiger partial charge in [-0.15, -0.1) is 0 Å². The van der Waals surface area contributed by atoms with Crippen molar-refractivity contribution in [2.75, 3.05) is 19.6 Å². The van der Waals surface area contributed by atoms with E-state index in [1.54, 1.807) is 6.07 Å². The average molecular weight is 273 g/mol. The van der Waals surface area contributed by atoms with Crippen molar-refractivity contribution in [2.24, 2.45) is 0 Å². The second-order valence-corrected chi connectivity index (χ2v) is 4.98. The molecule has 0 heterocycles. The molecule has 102 valence electrons. The summed E-state index contributed by atoms with van der Waals surface area (Å²) in [5, 5.41) is 3.83. The van der Waals surface area contributed by atoms with Gasteiger partial charge in [-0.2, -0.15) is 0 Å². The summed E-state index contributed by atoms with van der Waals surface area (Å²) in [7, 11) is 0. The topological polar surface area (TPSA) is 15.3 Å². The molecule has 1 rings (SSSR count). The van der Waals surface area contributed by atoms with Gasteiger partial charge in [-0.05, 0) is 43.8 Å². The summed E-state index contributed by atoms with van der Waals surface area (Å²) in [6.07, 6.45) is 0. The molecule has 1 unspecified atom stereocenters. The van der Waals surface area contributed by atoms with E-state index in [2.05, 4.69) is 31.0 Å². The predicted molar refractivity (Wildman–Crippen MR) is 75.5 cm³/mol. The van der Waals surface area contributed by atoms with Crippen LogP contribution in [0.25, 0.3) is 0 Å². The summed E-state index contributed by atoms with van der Waals surface area (Å²) < 4.78 is 13.2. The van der Waals surface area contributed by atoms with Crippen LogP contribution in [0.15, 0.2) is 18.2 Å².